The van der Waals surface area contributed by atoms with Crippen molar-refractivity contribution in [3.8, 4) is 0 Å². The van der Waals surface area contributed by atoms with Gasteiger partial charge in [-0.2, -0.15) is 0 Å². The zero-order valence-corrected chi connectivity index (χ0v) is 11.0. The van der Waals surface area contributed by atoms with Crippen molar-refractivity contribution in [3.05, 3.63) is 0 Å². The molecule has 0 aliphatic heterocycles. The number of nitrogens with two attached hydrogens (primary N) is 1. The standard InChI is InChI=1S/C13H27NO2/c1-4-8-15-9-10-16-11-6-5-7-13(2,3)12(11)14/h11-12H,4-10,14H2,1-3H3. The predicted molar refractivity (Wildman–Crippen MR) is 66.5 cm³/mol. The van der Waals surface area contributed by atoms with Gasteiger partial charge in [-0.15, -0.1) is 0 Å². The van der Waals surface area contributed by atoms with E-state index in [2.05, 4.69) is 20.8 Å². The molecule has 0 heterocycles. The molecule has 0 aromatic rings. The number of ether oxygens (including phenoxy) is 2. The molecule has 0 saturated heterocycles. The van der Waals surface area contributed by atoms with Gasteiger partial charge < -0.3 is 15.2 Å². The molecule has 1 fully saturated rings. The summed E-state index contributed by atoms with van der Waals surface area (Å²) >= 11 is 0. The van der Waals surface area contributed by atoms with Crippen molar-refractivity contribution in [2.45, 2.75) is 58.6 Å². The first-order chi connectivity index (χ1) is 7.58. The van der Waals surface area contributed by atoms with E-state index >= 15 is 0 Å². The fourth-order valence-corrected chi connectivity index (χ4v) is 2.30. The summed E-state index contributed by atoms with van der Waals surface area (Å²) in [5.74, 6) is 0. The monoisotopic (exact) mass is 229 g/mol. The van der Waals surface area contributed by atoms with E-state index in [4.69, 9.17) is 15.2 Å². The summed E-state index contributed by atoms with van der Waals surface area (Å²) in [4.78, 5) is 0. The lowest BCUT2D eigenvalue weighted by Crippen LogP contribution is -2.50. The quantitative estimate of drug-likeness (QED) is 0.711. The molecule has 3 heteroatoms. The van der Waals surface area contributed by atoms with Crippen molar-refractivity contribution >= 4 is 0 Å². The third-order valence-corrected chi connectivity index (χ3v) is 3.52. The molecule has 0 radical (unpaired) electrons. The molecule has 2 N–H and O–H groups in total. The Kier molecular flexibility index (Phi) is 5.73. The summed E-state index contributed by atoms with van der Waals surface area (Å²) in [5, 5.41) is 0. The Morgan fingerprint density at radius 2 is 2.00 bits per heavy atom. The first-order valence-electron chi connectivity index (χ1n) is 6.53. The van der Waals surface area contributed by atoms with E-state index in [0.29, 0.717) is 13.2 Å². The van der Waals surface area contributed by atoms with Gasteiger partial charge in [-0.05, 0) is 24.7 Å². The lowest BCUT2D eigenvalue weighted by molar-refractivity contribution is -0.0459. The van der Waals surface area contributed by atoms with Crippen LogP contribution in [0.1, 0.15) is 46.5 Å². The van der Waals surface area contributed by atoms with Crippen LogP contribution in [0.5, 0.6) is 0 Å². The van der Waals surface area contributed by atoms with Gasteiger partial charge in [0, 0.05) is 12.6 Å². The van der Waals surface area contributed by atoms with Crippen LogP contribution in [0.4, 0.5) is 0 Å². The van der Waals surface area contributed by atoms with Gasteiger partial charge in [-0.3, -0.25) is 0 Å². The molecule has 3 nitrogen and oxygen atoms in total. The Bertz CT molecular complexity index is 194. The molecule has 0 aromatic carbocycles. The van der Waals surface area contributed by atoms with Gasteiger partial charge in [0.2, 0.25) is 0 Å². The Morgan fingerprint density at radius 1 is 1.25 bits per heavy atom. The van der Waals surface area contributed by atoms with E-state index in [9.17, 15) is 0 Å². The molecule has 1 aliphatic carbocycles. The molecular weight excluding hydrogens is 202 g/mol. The minimum Gasteiger partial charge on any atom is -0.379 e. The molecule has 0 amide bonds. The average Bonchev–Trinajstić information content (AvgIpc) is 2.24. The Balaban J connectivity index is 2.20. The van der Waals surface area contributed by atoms with E-state index in [1.165, 1.54) is 12.8 Å². The van der Waals surface area contributed by atoms with Crippen LogP contribution in [0.2, 0.25) is 0 Å². The molecule has 1 rings (SSSR count). The van der Waals surface area contributed by atoms with Crippen molar-refractivity contribution in [1.82, 2.24) is 0 Å². The molecule has 2 atom stereocenters. The maximum Gasteiger partial charge on any atom is 0.0732 e. The fraction of sp³-hybridized carbons (Fsp3) is 1.00. The van der Waals surface area contributed by atoms with Crippen molar-refractivity contribution in [3.63, 3.8) is 0 Å². The van der Waals surface area contributed by atoms with Crippen LogP contribution in [0.15, 0.2) is 0 Å². The molecule has 1 saturated carbocycles. The Labute approximate surface area is 99.7 Å². The van der Waals surface area contributed by atoms with E-state index < -0.39 is 0 Å². The van der Waals surface area contributed by atoms with Gasteiger partial charge in [-0.25, -0.2) is 0 Å². The highest BCUT2D eigenvalue weighted by molar-refractivity contribution is 4.91. The summed E-state index contributed by atoms with van der Waals surface area (Å²) in [7, 11) is 0. The van der Waals surface area contributed by atoms with Crippen LogP contribution >= 0.6 is 0 Å². The van der Waals surface area contributed by atoms with Gasteiger partial charge in [-0.1, -0.05) is 27.2 Å². The smallest absolute Gasteiger partial charge is 0.0732 e. The highest BCUT2D eigenvalue weighted by Gasteiger charge is 2.36. The third-order valence-electron chi connectivity index (χ3n) is 3.52. The highest BCUT2D eigenvalue weighted by atomic mass is 16.5. The van der Waals surface area contributed by atoms with Crippen molar-refractivity contribution in [1.29, 1.82) is 0 Å². The Hall–Kier alpha value is -0.120. The van der Waals surface area contributed by atoms with Gasteiger partial charge in [0.1, 0.15) is 0 Å². The second-order valence-electron chi connectivity index (χ2n) is 5.43. The molecule has 1 aliphatic rings. The average molecular weight is 229 g/mol. The van der Waals surface area contributed by atoms with E-state index in [1.54, 1.807) is 0 Å². The number of hydrogen-bond donors (Lipinski definition) is 1. The molecular formula is C13H27NO2. The van der Waals surface area contributed by atoms with Crippen molar-refractivity contribution < 1.29 is 9.47 Å². The second kappa shape index (κ2) is 6.58. The van der Waals surface area contributed by atoms with Crippen LogP contribution in [0, 0.1) is 5.41 Å². The zero-order chi connectivity index (χ0) is 12.0. The van der Waals surface area contributed by atoms with Gasteiger partial charge in [0.25, 0.3) is 0 Å². The zero-order valence-electron chi connectivity index (χ0n) is 11.0. The van der Waals surface area contributed by atoms with Crippen molar-refractivity contribution in [2.24, 2.45) is 11.1 Å². The van der Waals surface area contributed by atoms with Crippen LogP contribution in [-0.2, 0) is 9.47 Å². The number of rotatable bonds is 6. The molecule has 96 valence electrons. The number of hydrogen-bond acceptors (Lipinski definition) is 3. The SMILES string of the molecule is CCCOCCOC1CCCC(C)(C)C1N. The minimum absolute atomic E-state index is 0.160. The van der Waals surface area contributed by atoms with Crippen LogP contribution < -0.4 is 5.73 Å². The summed E-state index contributed by atoms with van der Waals surface area (Å²) in [6.45, 7) is 8.78. The topological polar surface area (TPSA) is 44.5 Å². The first kappa shape index (κ1) is 13.9. The normalized spacial score (nSPS) is 29.2. The molecule has 0 spiro atoms. The predicted octanol–water partition coefficient (Wildman–Crippen LogP) is 2.34. The van der Waals surface area contributed by atoms with E-state index in [0.717, 1.165) is 19.4 Å². The first-order valence-corrected chi connectivity index (χ1v) is 6.53. The summed E-state index contributed by atoms with van der Waals surface area (Å²) < 4.78 is 11.2. The lowest BCUT2D eigenvalue weighted by atomic mass is 9.72. The van der Waals surface area contributed by atoms with Gasteiger partial charge >= 0.3 is 0 Å². The van der Waals surface area contributed by atoms with E-state index in [-0.39, 0.29) is 17.6 Å². The van der Waals surface area contributed by atoms with Crippen molar-refractivity contribution in [2.75, 3.05) is 19.8 Å². The molecule has 2 unspecified atom stereocenters. The second-order valence-corrected chi connectivity index (χ2v) is 5.43. The van der Waals surface area contributed by atoms with Crippen LogP contribution in [0.25, 0.3) is 0 Å². The molecule has 0 aromatic heterocycles. The summed E-state index contributed by atoms with van der Waals surface area (Å²) in [5.41, 5.74) is 6.45. The highest BCUT2D eigenvalue weighted by Crippen LogP contribution is 2.35. The maximum atomic E-state index is 6.23. The Morgan fingerprint density at radius 3 is 2.69 bits per heavy atom. The molecule has 16 heavy (non-hydrogen) atoms. The largest absolute Gasteiger partial charge is 0.379 e. The summed E-state index contributed by atoms with van der Waals surface area (Å²) in [6, 6.07) is 0.160. The van der Waals surface area contributed by atoms with Crippen LogP contribution in [0.3, 0.4) is 0 Å². The van der Waals surface area contributed by atoms with Crippen LogP contribution in [-0.4, -0.2) is 32.0 Å². The summed E-state index contributed by atoms with van der Waals surface area (Å²) in [6.07, 6.45) is 4.81. The van der Waals surface area contributed by atoms with Gasteiger partial charge in [0.15, 0.2) is 0 Å². The lowest BCUT2D eigenvalue weighted by Gasteiger charge is -2.41. The minimum atomic E-state index is 0.160. The molecule has 0 bridgehead atoms. The fourth-order valence-electron chi connectivity index (χ4n) is 2.30. The maximum absolute atomic E-state index is 6.23. The van der Waals surface area contributed by atoms with Gasteiger partial charge in [0.05, 0.1) is 19.3 Å². The van der Waals surface area contributed by atoms with E-state index in [1.807, 2.05) is 0 Å². The third kappa shape index (κ3) is 4.04.